The molecule has 110 valence electrons. The Labute approximate surface area is 124 Å². The first kappa shape index (κ1) is 12.8. The van der Waals surface area contributed by atoms with Crippen molar-refractivity contribution in [3.05, 3.63) is 30.6 Å². The Morgan fingerprint density at radius 2 is 2.29 bits per heavy atom. The fraction of sp³-hybridized carbons (Fsp3) is 0.500. The lowest BCUT2D eigenvalue weighted by Crippen LogP contribution is -2.32. The van der Waals surface area contributed by atoms with E-state index in [9.17, 15) is 0 Å². The molecule has 2 aromatic rings. The van der Waals surface area contributed by atoms with Gasteiger partial charge in [-0.3, -0.25) is 4.98 Å². The Morgan fingerprint density at radius 3 is 3.05 bits per heavy atom. The van der Waals surface area contributed by atoms with Crippen molar-refractivity contribution < 1.29 is 4.74 Å². The van der Waals surface area contributed by atoms with Gasteiger partial charge in [0.25, 0.3) is 0 Å². The molecule has 2 aromatic heterocycles. The molecule has 0 aromatic carbocycles. The van der Waals surface area contributed by atoms with E-state index in [-0.39, 0.29) is 0 Å². The van der Waals surface area contributed by atoms with E-state index in [0.29, 0.717) is 18.2 Å². The lowest BCUT2D eigenvalue weighted by molar-refractivity contribution is 0.0174. The van der Waals surface area contributed by atoms with E-state index in [0.717, 1.165) is 42.9 Å². The third-order valence-electron chi connectivity index (χ3n) is 4.45. The van der Waals surface area contributed by atoms with Gasteiger partial charge in [0, 0.05) is 30.6 Å². The molecule has 2 aliphatic rings. The van der Waals surface area contributed by atoms with Gasteiger partial charge in [0.05, 0.1) is 23.9 Å². The lowest BCUT2D eigenvalue weighted by Gasteiger charge is -2.29. The van der Waals surface area contributed by atoms with Crippen LogP contribution < -0.4 is 5.32 Å². The monoisotopic (exact) mass is 284 g/mol. The SMILES string of the molecule is CC1CCC(C2CCNc3cc(-c4cccnc4)nn32)O1. The van der Waals surface area contributed by atoms with Crippen molar-refractivity contribution >= 4 is 5.82 Å². The highest BCUT2D eigenvalue weighted by Crippen LogP contribution is 2.35. The average molecular weight is 284 g/mol. The van der Waals surface area contributed by atoms with Crippen LogP contribution in [0, 0.1) is 0 Å². The predicted molar refractivity (Wildman–Crippen MR) is 81.2 cm³/mol. The number of aromatic nitrogens is 3. The second-order valence-electron chi connectivity index (χ2n) is 5.95. The molecular formula is C16H20N4O. The van der Waals surface area contributed by atoms with Gasteiger partial charge in [0.2, 0.25) is 0 Å². The van der Waals surface area contributed by atoms with Gasteiger partial charge >= 0.3 is 0 Å². The minimum Gasteiger partial charge on any atom is -0.373 e. The molecule has 5 heteroatoms. The second-order valence-corrected chi connectivity index (χ2v) is 5.95. The molecule has 1 saturated heterocycles. The highest BCUT2D eigenvalue weighted by Gasteiger charge is 2.34. The van der Waals surface area contributed by atoms with Crippen molar-refractivity contribution in [1.82, 2.24) is 14.8 Å². The first-order valence-electron chi connectivity index (χ1n) is 7.70. The van der Waals surface area contributed by atoms with Crippen molar-refractivity contribution in [2.45, 2.75) is 44.4 Å². The minimum absolute atomic E-state index is 0.294. The fourth-order valence-corrected chi connectivity index (χ4v) is 3.36. The van der Waals surface area contributed by atoms with Crippen LogP contribution in [-0.2, 0) is 4.74 Å². The first-order chi connectivity index (χ1) is 10.3. The van der Waals surface area contributed by atoms with Crippen molar-refractivity contribution in [3.8, 4) is 11.3 Å². The fourth-order valence-electron chi connectivity index (χ4n) is 3.36. The highest BCUT2D eigenvalue weighted by atomic mass is 16.5. The molecule has 5 nitrogen and oxygen atoms in total. The van der Waals surface area contributed by atoms with Crippen LogP contribution in [0.5, 0.6) is 0 Å². The number of nitrogens with one attached hydrogen (secondary N) is 1. The summed E-state index contributed by atoms with van der Waals surface area (Å²) in [6, 6.07) is 6.45. The van der Waals surface area contributed by atoms with Gasteiger partial charge < -0.3 is 10.1 Å². The van der Waals surface area contributed by atoms with Gasteiger partial charge in [-0.2, -0.15) is 5.10 Å². The zero-order chi connectivity index (χ0) is 14.2. The van der Waals surface area contributed by atoms with Crippen molar-refractivity contribution in [2.24, 2.45) is 0 Å². The van der Waals surface area contributed by atoms with E-state index < -0.39 is 0 Å². The Kier molecular flexibility index (Phi) is 3.15. The Hall–Kier alpha value is -1.88. The van der Waals surface area contributed by atoms with Gasteiger partial charge in [-0.05, 0) is 38.3 Å². The zero-order valence-corrected chi connectivity index (χ0v) is 12.2. The quantitative estimate of drug-likeness (QED) is 0.921. The van der Waals surface area contributed by atoms with E-state index >= 15 is 0 Å². The standard InChI is InChI=1S/C16H20N4O/c1-11-4-5-15(21-11)14-6-8-18-16-9-13(19-20(14)16)12-3-2-7-17-10-12/h2-3,7,9-11,14-15,18H,4-6,8H2,1H3. The minimum atomic E-state index is 0.294. The molecule has 3 unspecified atom stereocenters. The van der Waals surface area contributed by atoms with Crippen molar-refractivity contribution in [1.29, 1.82) is 0 Å². The smallest absolute Gasteiger partial charge is 0.125 e. The summed E-state index contributed by atoms with van der Waals surface area (Å²) in [5, 5.41) is 8.25. The average Bonchev–Trinajstić information content (AvgIpc) is 3.14. The summed E-state index contributed by atoms with van der Waals surface area (Å²) in [6.45, 7) is 3.14. The molecule has 0 radical (unpaired) electrons. The van der Waals surface area contributed by atoms with Crippen LogP contribution in [0.3, 0.4) is 0 Å². The Bertz CT molecular complexity index is 624. The maximum Gasteiger partial charge on any atom is 0.125 e. The summed E-state index contributed by atoms with van der Waals surface area (Å²) >= 11 is 0. The normalized spacial score (nSPS) is 28.1. The van der Waals surface area contributed by atoms with E-state index in [4.69, 9.17) is 9.84 Å². The molecule has 0 amide bonds. The van der Waals surface area contributed by atoms with Crippen molar-refractivity contribution in [3.63, 3.8) is 0 Å². The van der Waals surface area contributed by atoms with Crippen LogP contribution in [0.2, 0.25) is 0 Å². The molecule has 21 heavy (non-hydrogen) atoms. The molecule has 4 heterocycles. The molecule has 3 atom stereocenters. The Morgan fingerprint density at radius 1 is 1.33 bits per heavy atom. The molecule has 0 bridgehead atoms. The molecule has 0 saturated carbocycles. The predicted octanol–water partition coefficient (Wildman–Crippen LogP) is 2.87. The number of fused-ring (bicyclic) bond motifs is 1. The van der Waals surface area contributed by atoms with Crippen LogP contribution in [0.15, 0.2) is 30.6 Å². The number of rotatable bonds is 2. The van der Waals surface area contributed by atoms with Gasteiger partial charge in [0.15, 0.2) is 0 Å². The molecular weight excluding hydrogens is 264 g/mol. The number of nitrogens with zero attached hydrogens (tertiary/aromatic N) is 3. The molecule has 2 aliphatic heterocycles. The first-order valence-corrected chi connectivity index (χ1v) is 7.70. The summed E-state index contributed by atoms with van der Waals surface area (Å²) in [7, 11) is 0. The van der Waals surface area contributed by atoms with E-state index in [1.165, 1.54) is 0 Å². The van der Waals surface area contributed by atoms with Crippen LogP contribution >= 0.6 is 0 Å². The summed E-state index contributed by atoms with van der Waals surface area (Å²) < 4.78 is 8.19. The Balaban J connectivity index is 1.67. The number of anilines is 1. The van der Waals surface area contributed by atoms with Gasteiger partial charge in [-0.1, -0.05) is 0 Å². The number of hydrogen-bond donors (Lipinski definition) is 1. The summed E-state index contributed by atoms with van der Waals surface area (Å²) in [4.78, 5) is 4.18. The number of pyridine rings is 1. The maximum atomic E-state index is 6.07. The topological polar surface area (TPSA) is 52.0 Å². The third-order valence-corrected chi connectivity index (χ3v) is 4.45. The van der Waals surface area contributed by atoms with Crippen LogP contribution in [0.25, 0.3) is 11.3 Å². The largest absolute Gasteiger partial charge is 0.373 e. The third kappa shape index (κ3) is 2.31. The molecule has 4 rings (SSSR count). The highest BCUT2D eigenvalue weighted by molar-refractivity contribution is 5.62. The zero-order valence-electron chi connectivity index (χ0n) is 12.2. The van der Waals surface area contributed by atoms with E-state index in [1.54, 1.807) is 6.20 Å². The maximum absolute atomic E-state index is 6.07. The van der Waals surface area contributed by atoms with E-state index in [2.05, 4.69) is 28.0 Å². The van der Waals surface area contributed by atoms with Gasteiger partial charge in [0.1, 0.15) is 5.82 Å². The molecule has 1 N–H and O–H groups in total. The van der Waals surface area contributed by atoms with Gasteiger partial charge in [-0.25, -0.2) is 4.68 Å². The number of hydrogen-bond acceptors (Lipinski definition) is 4. The lowest BCUT2D eigenvalue weighted by atomic mass is 10.0. The van der Waals surface area contributed by atoms with Crippen LogP contribution in [-0.4, -0.2) is 33.5 Å². The molecule has 0 spiro atoms. The second kappa shape index (κ2) is 5.15. The van der Waals surface area contributed by atoms with Crippen LogP contribution in [0.4, 0.5) is 5.82 Å². The summed E-state index contributed by atoms with van der Waals surface area (Å²) in [6.07, 6.45) is 7.67. The van der Waals surface area contributed by atoms with Crippen molar-refractivity contribution in [2.75, 3.05) is 11.9 Å². The molecule has 0 aliphatic carbocycles. The van der Waals surface area contributed by atoms with E-state index in [1.807, 2.05) is 18.3 Å². The summed E-state index contributed by atoms with van der Waals surface area (Å²) in [5.41, 5.74) is 2.03. The van der Waals surface area contributed by atoms with Crippen LogP contribution in [0.1, 0.15) is 32.2 Å². The summed E-state index contributed by atoms with van der Waals surface area (Å²) in [5.74, 6) is 1.09. The van der Waals surface area contributed by atoms with Gasteiger partial charge in [-0.15, -0.1) is 0 Å². The number of ether oxygens (including phenoxy) is 1. The molecule has 1 fully saturated rings.